The van der Waals surface area contributed by atoms with E-state index in [0.717, 1.165) is 22.3 Å². The first-order valence-electron chi connectivity index (χ1n) is 9.93. The molecule has 0 fully saturated rings. The second-order valence-corrected chi connectivity index (χ2v) is 7.74. The van der Waals surface area contributed by atoms with Gasteiger partial charge in [0.15, 0.2) is 0 Å². The van der Waals surface area contributed by atoms with Gasteiger partial charge in [0.2, 0.25) is 11.8 Å². The van der Waals surface area contributed by atoms with Crippen molar-refractivity contribution in [1.82, 2.24) is 5.43 Å². The molecule has 0 atom stereocenters. The molecule has 0 aliphatic rings. The van der Waals surface area contributed by atoms with Crippen LogP contribution in [0.3, 0.4) is 0 Å². The monoisotopic (exact) mass is 433 g/mol. The van der Waals surface area contributed by atoms with E-state index in [1.54, 1.807) is 19.1 Å². The lowest BCUT2D eigenvalue weighted by Crippen LogP contribution is -2.23. The third-order valence-corrected chi connectivity index (χ3v) is 4.92. The second-order valence-electron chi connectivity index (χ2n) is 7.31. The third-order valence-electron chi connectivity index (χ3n) is 4.69. The third kappa shape index (κ3) is 6.79. The van der Waals surface area contributed by atoms with Crippen molar-refractivity contribution < 1.29 is 9.59 Å². The molecule has 0 saturated heterocycles. The quantitative estimate of drug-likeness (QED) is 0.388. The van der Waals surface area contributed by atoms with Gasteiger partial charge < -0.3 is 5.32 Å². The summed E-state index contributed by atoms with van der Waals surface area (Å²) in [6.07, 6.45) is 0.276. The van der Waals surface area contributed by atoms with Gasteiger partial charge in [0.1, 0.15) is 0 Å². The molecule has 6 heteroatoms. The van der Waals surface area contributed by atoms with Crippen molar-refractivity contribution in [3.63, 3.8) is 0 Å². The number of halogens is 1. The Labute approximate surface area is 187 Å². The summed E-state index contributed by atoms with van der Waals surface area (Å²) in [5.74, 6) is -0.463. The van der Waals surface area contributed by atoms with Crippen LogP contribution in [0, 0.1) is 6.92 Å². The SMILES string of the molecule is C/C(CC(=O)Nc1cc(Cl)ccc1C)=N/NC(=O)Cc1ccc(-c2ccccc2)cc1. The van der Waals surface area contributed by atoms with Gasteiger partial charge >= 0.3 is 0 Å². The van der Waals surface area contributed by atoms with E-state index in [4.69, 9.17) is 11.6 Å². The van der Waals surface area contributed by atoms with Crippen molar-refractivity contribution in [2.45, 2.75) is 26.7 Å². The van der Waals surface area contributed by atoms with Gasteiger partial charge in [0.05, 0.1) is 12.8 Å². The van der Waals surface area contributed by atoms with Crippen LogP contribution in [-0.2, 0) is 16.0 Å². The Morgan fingerprint density at radius 1 is 0.903 bits per heavy atom. The normalized spacial score (nSPS) is 11.1. The van der Waals surface area contributed by atoms with Crippen LogP contribution in [0.5, 0.6) is 0 Å². The van der Waals surface area contributed by atoms with Crippen molar-refractivity contribution in [2.24, 2.45) is 5.10 Å². The van der Waals surface area contributed by atoms with Crippen molar-refractivity contribution in [2.75, 3.05) is 5.32 Å². The molecular weight excluding hydrogens is 410 g/mol. The maximum absolute atomic E-state index is 12.2. The van der Waals surface area contributed by atoms with Crippen LogP contribution in [0.2, 0.25) is 5.02 Å². The largest absolute Gasteiger partial charge is 0.325 e. The summed E-state index contributed by atoms with van der Waals surface area (Å²) in [6, 6.07) is 23.2. The number of nitrogens with zero attached hydrogens (tertiary/aromatic N) is 1. The van der Waals surface area contributed by atoms with Gasteiger partial charge in [-0.1, -0.05) is 72.3 Å². The Morgan fingerprint density at radius 2 is 1.58 bits per heavy atom. The molecule has 31 heavy (non-hydrogen) atoms. The maximum atomic E-state index is 12.2. The molecule has 3 rings (SSSR count). The van der Waals surface area contributed by atoms with E-state index < -0.39 is 0 Å². The first-order chi connectivity index (χ1) is 14.9. The van der Waals surface area contributed by atoms with Crippen LogP contribution in [0.1, 0.15) is 24.5 Å². The number of rotatable bonds is 7. The van der Waals surface area contributed by atoms with Crippen LogP contribution >= 0.6 is 11.6 Å². The molecule has 5 nitrogen and oxygen atoms in total. The van der Waals surface area contributed by atoms with Gasteiger partial charge in [-0.25, -0.2) is 5.43 Å². The average Bonchev–Trinajstić information content (AvgIpc) is 2.76. The minimum absolute atomic E-state index is 0.0675. The number of hydrogen-bond acceptors (Lipinski definition) is 3. The summed E-state index contributed by atoms with van der Waals surface area (Å²) in [7, 11) is 0. The maximum Gasteiger partial charge on any atom is 0.244 e. The minimum Gasteiger partial charge on any atom is -0.325 e. The summed E-state index contributed by atoms with van der Waals surface area (Å²) in [5, 5.41) is 7.40. The highest BCUT2D eigenvalue weighted by atomic mass is 35.5. The average molecular weight is 434 g/mol. The van der Waals surface area contributed by atoms with Crippen LogP contribution in [0.15, 0.2) is 77.9 Å². The highest BCUT2D eigenvalue weighted by Crippen LogP contribution is 2.21. The molecule has 0 bridgehead atoms. The zero-order valence-electron chi connectivity index (χ0n) is 17.5. The molecule has 0 aliphatic carbocycles. The fourth-order valence-electron chi connectivity index (χ4n) is 3.02. The Balaban J connectivity index is 1.50. The lowest BCUT2D eigenvalue weighted by molar-refractivity contribution is -0.120. The van der Waals surface area contributed by atoms with Crippen molar-refractivity contribution >= 4 is 34.8 Å². The molecule has 0 aromatic heterocycles. The highest BCUT2D eigenvalue weighted by Gasteiger charge is 2.08. The van der Waals surface area contributed by atoms with Crippen LogP contribution < -0.4 is 10.7 Å². The molecule has 158 valence electrons. The molecule has 0 heterocycles. The summed E-state index contributed by atoms with van der Waals surface area (Å²) in [6.45, 7) is 3.58. The fraction of sp³-hybridized carbons (Fsp3) is 0.160. The summed E-state index contributed by atoms with van der Waals surface area (Å²) in [4.78, 5) is 24.4. The molecular formula is C25H24ClN3O2. The number of hydrogen-bond donors (Lipinski definition) is 2. The number of aryl methyl sites for hydroxylation is 1. The molecule has 0 unspecified atom stereocenters. The lowest BCUT2D eigenvalue weighted by Gasteiger charge is -2.09. The van der Waals surface area contributed by atoms with Crippen molar-refractivity contribution in [3.05, 3.63) is 88.9 Å². The Kier molecular flexibility index (Phi) is 7.57. The number of anilines is 1. The Bertz CT molecular complexity index is 1090. The van der Waals surface area contributed by atoms with E-state index in [1.165, 1.54) is 0 Å². The van der Waals surface area contributed by atoms with Gasteiger partial charge in [-0.05, 0) is 48.2 Å². The van der Waals surface area contributed by atoms with Crippen molar-refractivity contribution in [3.8, 4) is 11.1 Å². The fourth-order valence-corrected chi connectivity index (χ4v) is 3.20. The first kappa shape index (κ1) is 22.2. The minimum atomic E-state index is -0.238. The molecule has 0 saturated carbocycles. The van der Waals surface area contributed by atoms with E-state index in [-0.39, 0.29) is 24.7 Å². The predicted octanol–water partition coefficient (Wildman–Crippen LogP) is 5.38. The van der Waals surface area contributed by atoms with E-state index >= 15 is 0 Å². The van der Waals surface area contributed by atoms with Crippen LogP contribution in [0.25, 0.3) is 11.1 Å². The summed E-state index contributed by atoms with van der Waals surface area (Å²) < 4.78 is 0. The predicted molar refractivity (Wildman–Crippen MR) is 126 cm³/mol. The Hall–Kier alpha value is -3.44. The zero-order chi connectivity index (χ0) is 22.2. The number of carbonyl (C=O) groups excluding carboxylic acids is 2. The second kappa shape index (κ2) is 10.5. The number of amides is 2. The standard InChI is InChI=1S/C25H24ClN3O2/c1-17-8-13-22(26)16-23(17)27-24(30)14-18(2)28-29-25(31)15-19-9-11-21(12-10-19)20-6-4-3-5-7-20/h3-13,16H,14-15H2,1-2H3,(H,27,30)(H,29,31)/b28-18-. The topological polar surface area (TPSA) is 70.6 Å². The van der Waals surface area contributed by atoms with Crippen molar-refractivity contribution in [1.29, 1.82) is 0 Å². The van der Waals surface area contributed by atoms with E-state index in [2.05, 4.69) is 15.8 Å². The smallest absolute Gasteiger partial charge is 0.244 e. The first-order valence-corrected chi connectivity index (χ1v) is 10.3. The van der Waals surface area contributed by atoms with Gasteiger partial charge in [-0.15, -0.1) is 0 Å². The van der Waals surface area contributed by atoms with Gasteiger partial charge in [0.25, 0.3) is 0 Å². The number of hydrazone groups is 1. The molecule has 2 amide bonds. The summed E-state index contributed by atoms with van der Waals surface area (Å²) >= 11 is 5.97. The van der Waals surface area contributed by atoms with Gasteiger partial charge in [-0.2, -0.15) is 5.10 Å². The Morgan fingerprint density at radius 3 is 2.29 bits per heavy atom. The molecule has 3 aromatic rings. The lowest BCUT2D eigenvalue weighted by atomic mass is 10.0. The van der Waals surface area contributed by atoms with Gasteiger partial charge in [-0.3, -0.25) is 9.59 Å². The molecule has 0 aliphatic heterocycles. The summed E-state index contributed by atoms with van der Waals surface area (Å²) in [5.41, 5.74) is 7.71. The van der Waals surface area contributed by atoms with Gasteiger partial charge in [0, 0.05) is 16.4 Å². The molecule has 0 radical (unpaired) electrons. The van der Waals surface area contributed by atoms with Crippen LogP contribution in [-0.4, -0.2) is 17.5 Å². The highest BCUT2D eigenvalue weighted by molar-refractivity contribution is 6.31. The number of carbonyl (C=O) groups is 2. The zero-order valence-corrected chi connectivity index (χ0v) is 18.2. The molecule has 2 N–H and O–H groups in total. The number of benzene rings is 3. The van der Waals surface area contributed by atoms with Crippen LogP contribution in [0.4, 0.5) is 5.69 Å². The number of nitrogens with one attached hydrogen (secondary N) is 2. The molecule has 3 aromatic carbocycles. The van der Waals surface area contributed by atoms with E-state index in [9.17, 15) is 9.59 Å². The molecule has 0 spiro atoms. The van der Waals surface area contributed by atoms with E-state index in [1.807, 2.05) is 67.6 Å². The van der Waals surface area contributed by atoms with E-state index in [0.29, 0.717) is 16.4 Å².